The molecule has 0 aromatic heterocycles. The van der Waals surface area contributed by atoms with E-state index in [-0.39, 0.29) is 6.10 Å². The fraction of sp³-hybridized carbons (Fsp3) is 0.647. The summed E-state index contributed by atoms with van der Waals surface area (Å²) in [4.78, 5) is 0. The lowest BCUT2D eigenvalue weighted by molar-refractivity contribution is 0.142. The first-order chi connectivity index (χ1) is 9.28. The fourth-order valence-electron chi connectivity index (χ4n) is 3.08. The van der Waals surface area contributed by atoms with Crippen LogP contribution in [0.2, 0.25) is 0 Å². The van der Waals surface area contributed by atoms with Crippen molar-refractivity contribution in [2.75, 3.05) is 12.4 Å². The molecule has 2 fully saturated rings. The minimum atomic E-state index is -0.0861. The standard InChI is InChI=1S/C17H25NO/c1-18-16-9-7-14(12-3-2-4-12)11-15(16)8-10-17(19)13-5-6-13/h7,9,11-13,17-19H,2-6,8,10H2,1H3/t17-/m1/s1. The quantitative estimate of drug-likeness (QED) is 0.816. The van der Waals surface area contributed by atoms with Crippen molar-refractivity contribution < 1.29 is 5.11 Å². The van der Waals surface area contributed by atoms with E-state index in [2.05, 4.69) is 23.5 Å². The van der Waals surface area contributed by atoms with Gasteiger partial charge in [-0.1, -0.05) is 18.6 Å². The summed E-state index contributed by atoms with van der Waals surface area (Å²) in [6.45, 7) is 0. The monoisotopic (exact) mass is 259 g/mol. The van der Waals surface area contributed by atoms with Crippen molar-refractivity contribution in [3.63, 3.8) is 0 Å². The van der Waals surface area contributed by atoms with E-state index in [9.17, 15) is 5.11 Å². The first-order valence-corrected chi connectivity index (χ1v) is 7.76. The molecule has 0 spiro atoms. The van der Waals surface area contributed by atoms with E-state index < -0.39 is 0 Å². The fourth-order valence-corrected chi connectivity index (χ4v) is 3.08. The molecule has 1 aromatic carbocycles. The third kappa shape index (κ3) is 2.94. The van der Waals surface area contributed by atoms with Crippen LogP contribution in [0.15, 0.2) is 18.2 Å². The molecule has 0 heterocycles. The van der Waals surface area contributed by atoms with Crippen LogP contribution in [0, 0.1) is 5.92 Å². The Morgan fingerprint density at radius 2 is 2.05 bits per heavy atom. The van der Waals surface area contributed by atoms with Crippen LogP contribution in [0.5, 0.6) is 0 Å². The molecule has 0 unspecified atom stereocenters. The van der Waals surface area contributed by atoms with E-state index in [0.717, 1.165) is 18.8 Å². The second-order valence-corrected chi connectivity index (χ2v) is 6.24. The molecule has 2 heteroatoms. The Labute approximate surface area is 116 Å². The number of nitrogens with one attached hydrogen (secondary N) is 1. The smallest absolute Gasteiger partial charge is 0.0571 e. The van der Waals surface area contributed by atoms with Crippen molar-refractivity contribution in [3.05, 3.63) is 29.3 Å². The van der Waals surface area contributed by atoms with Crippen molar-refractivity contribution in [2.45, 2.75) is 57.0 Å². The maximum atomic E-state index is 10.0. The van der Waals surface area contributed by atoms with Gasteiger partial charge in [-0.25, -0.2) is 0 Å². The van der Waals surface area contributed by atoms with E-state index in [0.29, 0.717) is 5.92 Å². The van der Waals surface area contributed by atoms with E-state index in [1.54, 1.807) is 0 Å². The van der Waals surface area contributed by atoms with Crippen molar-refractivity contribution in [2.24, 2.45) is 5.92 Å². The van der Waals surface area contributed by atoms with Gasteiger partial charge in [-0.3, -0.25) is 0 Å². The highest BCUT2D eigenvalue weighted by atomic mass is 16.3. The molecule has 3 rings (SSSR count). The number of aliphatic hydroxyl groups excluding tert-OH is 1. The number of aryl methyl sites for hydroxylation is 1. The van der Waals surface area contributed by atoms with Crippen LogP contribution < -0.4 is 5.32 Å². The van der Waals surface area contributed by atoms with Crippen LogP contribution >= 0.6 is 0 Å². The second kappa shape index (κ2) is 5.54. The normalized spacial score (nSPS) is 20.9. The number of hydrogen-bond donors (Lipinski definition) is 2. The topological polar surface area (TPSA) is 32.3 Å². The van der Waals surface area contributed by atoms with Gasteiger partial charge in [0.15, 0.2) is 0 Å². The van der Waals surface area contributed by atoms with Gasteiger partial charge in [-0.05, 0) is 67.6 Å². The SMILES string of the molecule is CNc1ccc(C2CCC2)cc1CC[C@@H](O)C1CC1. The first kappa shape index (κ1) is 13.0. The summed E-state index contributed by atoms with van der Waals surface area (Å²) in [5.41, 5.74) is 4.11. The maximum absolute atomic E-state index is 10.0. The minimum absolute atomic E-state index is 0.0861. The largest absolute Gasteiger partial charge is 0.393 e. The van der Waals surface area contributed by atoms with Crippen molar-refractivity contribution in [1.82, 2.24) is 0 Å². The highest BCUT2D eigenvalue weighted by Gasteiger charge is 2.29. The van der Waals surface area contributed by atoms with Gasteiger partial charge in [0.2, 0.25) is 0 Å². The molecule has 2 aliphatic rings. The molecule has 2 saturated carbocycles. The Kier molecular flexibility index (Phi) is 3.79. The van der Waals surface area contributed by atoms with Gasteiger partial charge in [-0.2, -0.15) is 0 Å². The van der Waals surface area contributed by atoms with Gasteiger partial charge in [0.25, 0.3) is 0 Å². The summed E-state index contributed by atoms with van der Waals surface area (Å²) in [5, 5.41) is 13.3. The molecule has 104 valence electrons. The van der Waals surface area contributed by atoms with E-state index in [4.69, 9.17) is 0 Å². The minimum Gasteiger partial charge on any atom is -0.393 e. The predicted molar refractivity (Wildman–Crippen MR) is 79.6 cm³/mol. The lowest BCUT2D eigenvalue weighted by Gasteiger charge is -2.27. The van der Waals surface area contributed by atoms with Crippen LogP contribution in [0.1, 0.15) is 55.6 Å². The molecule has 2 nitrogen and oxygen atoms in total. The number of hydrogen-bond acceptors (Lipinski definition) is 2. The Balaban J connectivity index is 1.68. The highest BCUT2D eigenvalue weighted by Crippen LogP contribution is 2.38. The summed E-state index contributed by atoms with van der Waals surface area (Å²) < 4.78 is 0. The Hall–Kier alpha value is -1.02. The number of rotatable bonds is 6. The number of benzene rings is 1. The lowest BCUT2D eigenvalue weighted by Crippen LogP contribution is -2.12. The number of anilines is 1. The van der Waals surface area contributed by atoms with Crippen molar-refractivity contribution in [3.8, 4) is 0 Å². The second-order valence-electron chi connectivity index (χ2n) is 6.24. The van der Waals surface area contributed by atoms with E-state index >= 15 is 0 Å². The average Bonchev–Trinajstić information content (AvgIpc) is 3.18. The molecule has 0 amide bonds. The zero-order valence-corrected chi connectivity index (χ0v) is 11.9. The lowest BCUT2D eigenvalue weighted by atomic mass is 9.79. The summed E-state index contributed by atoms with van der Waals surface area (Å²) in [6.07, 6.45) is 8.35. The van der Waals surface area contributed by atoms with Gasteiger partial charge < -0.3 is 10.4 Å². The molecule has 2 N–H and O–H groups in total. The zero-order chi connectivity index (χ0) is 13.2. The third-order valence-corrected chi connectivity index (χ3v) is 4.85. The zero-order valence-electron chi connectivity index (χ0n) is 11.9. The van der Waals surface area contributed by atoms with Crippen LogP contribution in [0.25, 0.3) is 0 Å². The summed E-state index contributed by atoms with van der Waals surface area (Å²) in [5.74, 6) is 1.38. The van der Waals surface area contributed by atoms with Crippen molar-refractivity contribution in [1.29, 1.82) is 0 Å². The molecule has 2 aliphatic carbocycles. The van der Waals surface area contributed by atoms with Gasteiger partial charge in [0, 0.05) is 12.7 Å². The highest BCUT2D eigenvalue weighted by molar-refractivity contribution is 5.53. The Bertz CT molecular complexity index is 435. The first-order valence-electron chi connectivity index (χ1n) is 7.76. The summed E-state index contributed by atoms with van der Waals surface area (Å²) >= 11 is 0. The molecule has 0 saturated heterocycles. The average molecular weight is 259 g/mol. The van der Waals surface area contributed by atoms with Crippen molar-refractivity contribution >= 4 is 5.69 Å². The van der Waals surface area contributed by atoms with Gasteiger partial charge in [-0.15, -0.1) is 0 Å². The Morgan fingerprint density at radius 1 is 1.26 bits per heavy atom. The van der Waals surface area contributed by atoms with Gasteiger partial charge in [0.1, 0.15) is 0 Å². The predicted octanol–water partition coefficient (Wildman–Crippen LogP) is 3.70. The molecule has 19 heavy (non-hydrogen) atoms. The number of aliphatic hydroxyl groups is 1. The summed E-state index contributed by atoms with van der Waals surface area (Å²) in [7, 11) is 1.99. The molecule has 0 bridgehead atoms. The van der Waals surface area contributed by atoms with Gasteiger partial charge in [0.05, 0.1) is 6.10 Å². The van der Waals surface area contributed by atoms with E-state index in [1.807, 2.05) is 7.05 Å². The molecule has 0 radical (unpaired) electrons. The van der Waals surface area contributed by atoms with E-state index in [1.165, 1.54) is 48.9 Å². The third-order valence-electron chi connectivity index (χ3n) is 4.85. The molecular weight excluding hydrogens is 234 g/mol. The Morgan fingerprint density at radius 3 is 2.63 bits per heavy atom. The molecule has 1 atom stereocenters. The molecule has 1 aromatic rings. The van der Waals surface area contributed by atoms with Gasteiger partial charge >= 0.3 is 0 Å². The van der Waals surface area contributed by atoms with Crippen LogP contribution in [0.3, 0.4) is 0 Å². The van der Waals surface area contributed by atoms with Crippen LogP contribution in [-0.4, -0.2) is 18.3 Å². The van der Waals surface area contributed by atoms with Crippen LogP contribution in [0.4, 0.5) is 5.69 Å². The van der Waals surface area contributed by atoms with Crippen LogP contribution in [-0.2, 0) is 6.42 Å². The molecule has 0 aliphatic heterocycles. The maximum Gasteiger partial charge on any atom is 0.0571 e. The summed E-state index contributed by atoms with van der Waals surface area (Å²) in [6, 6.07) is 6.86. The molecular formula is C17H25NO.